The van der Waals surface area contributed by atoms with Gasteiger partial charge in [-0.25, -0.2) is 4.79 Å². The lowest BCUT2D eigenvalue weighted by molar-refractivity contribution is 0.0242. The van der Waals surface area contributed by atoms with Gasteiger partial charge in [-0.15, -0.1) is 0 Å². The average Bonchev–Trinajstić information content (AvgIpc) is 2.89. The SMILES string of the molecule is CC(C)(C)OC(=O)N1Cc2ccc(N3CCOCC3)cc2C1. The van der Waals surface area contributed by atoms with Gasteiger partial charge in [-0.05, 0) is 44.0 Å². The largest absolute Gasteiger partial charge is 0.444 e. The number of ether oxygens (including phenoxy) is 2. The van der Waals surface area contributed by atoms with E-state index < -0.39 is 5.60 Å². The standard InChI is InChI=1S/C17H24N2O3/c1-17(2,3)22-16(20)19-11-13-4-5-15(10-14(13)12-19)18-6-8-21-9-7-18/h4-5,10H,6-9,11-12H2,1-3H3. The van der Waals surface area contributed by atoms with Gasteiger partial charge in [0.15, 0.2) is 0 Å². The Labute approximate surface area is 131 Å². The molecule has 2 aliphatic heterocycles. The summed E-state index contributed by atoms with van der Waals surface area (Å²) < 4.78 is 10.9. The highest BCUT2D eigenvalue weighted by molar-refractivity contribution is 5.69. The topological polar surface area (TPSA) is 42.0 Å². The summed E-state index contributed by atoms with van der Waals surface area (Å²) in [7, 11) is 0. The van der Waals surface area contributed by atoms with E-state index in [1.807, 2.05) is 20.8 Å². The van der Waals surface area contributed by atoms with Crippen molar-refractivity contribution in [2.45, 2.75) is 39.5 Å². The average molecular weight is 304 g/mol. The number of hydrogen-bond acceptors (Lipinski definition) is 4. The first-order chi connectivity index (χ1) is 10.4. The highest BCUT2D eigenvalue weighted by Crippen LogP contribution is 2.28. The highest BCUT2D eigenvalue weighted by atomic mass is 16.6. The van der Waals surface area contributed by atoms with Crippen LogP contribution in [0.15, 0.2) is 18.2 Å². The zero-order valence-corrected chi connectivity index (χ0v) is 13.6. The van der Waals surface area contributed by atoms with Crippen LogP contribution in [-0.4, -0.2) is 42.9 Å². The van der Waals surface area contributed by atoms with E-state index >= 15 is 0 Å². The zero-order valence-electron chi connectivity index (χ0n) is 13.6. The van der Waals surface area contributed by atoms with Crippen molar-refractivity contribution in [1.29, 1.82) is 0 Å². The van der Waals surface area contributed by atoms with Crippen LogP contribution in [-0.2, 0) is 22.6 Å². The number of hydrogen-bond donors (Lipinski definition) is 0. The summed E-state index contributed by atoms with van der Waals surface area (Å²) in [5, 5.41) is 0. The van der Waals surface area contributed by atoms with Crippen molar-refractivity contribution >= 4 is 11.8 Å². The quantitative estimate of drug-likeness (QED) is 0.800. The molecule has 0 saturated carbocycles. The Balaban J connectivity index is 1.69. The third-order valence-corrected chi connectivity index (χ3v) is 3.94. The van der Waals surface area contributed by atoms with E-state index in [-0.39, 0.29) is 6.09 Å². The Bertz CT molecular complexity index is 560. The van der Waals surface area contributed by atoms with E-state index in [0.29, 0.717) is 13.1 Å². The number of rotatable bonds is 1. The van der Waals surface area contributed by atoms with Gasteiger partial charge < -0.3 is 14.4 Å². The van der Waals surface area contributed by atoms with E-state index in [4.69, 9.17) is 9.47 Å². The number of nitrogens with zero attached hydrogens (tertiary/aromatic N) is 2. The number of morpholine rings is 1. The molecule has 5 nitrogen and oxygen atoms in total. The molecule has 1 fully saturated rings. The third-order valence-electron chi connectivity index (χ3n) is 3.94. The Morgan fingerprint density at radius 3 is 2.50 bits per heavy atom. The van der Waals surface area contributed by atoms with Gasteiger partial charge in [0.1, 0.15) is 5.60 Å². The molecule has 2 heterocycles. The van der Waals surface area contributed by atoms with Crippen LogP contribution in [0, 0.1) is 0 Å². The maximum atomic E-state index is 12.2. The van der Waals surface area contributed by atoms with Crippen LogP contribution < -0.4 is 4.90 Å². The second kappa shape index (κ2) is 5.80. The van der Waals surface area contributed by atoms with Crippen LogP contribution in [0.2, 0.25) is 0 Å². The molecule has 2 aliphatic rings. The summed E-state index contributed by atoms with van der Waals surface area (Å²) >= 11 is 0. The minimum absolute atomic E-state index is 0.239. The van der Waals surface area contributed by atoms with Gasteiger partial charge in [-0.3, -0.25) is 4.90 Å². The number of carbonyl (C=O) groups is 1. The van der Waals surface area contributed by atoms with Crippen molar-refractivity contribution in [3.8, 4) is 0 Å². The predicted molar refractivity (Wildman–Crippen MR) is 85.0 cm³/mol. The van der Waals surface area contributed by atoms with Gasteiger partial charge in [0.25, 0.3) is 0 Å². The monoisotopic (exact) mass is 304 g/mol. The van der Waals surface area contributed by atoms with Gasteiger partial charge in [-0.1, -0.05) is 6.07 Å². The predicted octanol–water partition coefficient (Wildman–Crippen LogP) is 2.77. The van der Waals surface area contributed by atoms with Crippen LogP contribution in [0.4, 0.5) is 10.5 Å². The van der Waals surface area contributed by atoms with Crippen molar-refractivity contribution in [1.82, 2.24) is 4.90 Å². The molecule has 0 spiro atoms. The molecule has 1 aromatic carbocycles. The van der Waals surface area contributed by atoms with Crippen molar-refractivity contribution in [3.05, 3.63) is 29.3 Å². The van der Waals surface area contributed by atoms with E-state index in [1.165, 1.54) is 16.8 Å². The smallest absolute Gasteiger partial charge is 0.410 e. The molecule has 22 heavy (non-hydrogen) atoms. The van der Waals surface area contributed by atoms with Gasteiger partial charge in [-0.2, -0.15) is 0 Å². The normalized spacial score (nSPS) is 18.3. The molecule has 0 radical (unpaired) electrons. The Morgan fingerprint density at radius 1 is 1.14 bits per heavy atom. The molecule has 3 rings (SSSR count). The number of benzene rings is 1. The Hall–Kier alpha value is -1.75. The molecule has 1 amide bonds. The van der Waals surface area contributed by atoms with E-state index in [0.717, 1.165) is 26.3 Å². The van der Waals surface area contributed by atoms with Crippen LogP contribution in [0.5, 0.6) is 0 Å². The summed E-state index contributed by atoms with van der Waals surface area (Å²) in [6.07, 6.45) is -0.239. The fourth-order valence-corrected chi connectivity index (χ4v) is 2.85. The Morgan fingerprint density at radius 2 is 1.82 bits per heavy atom. The fraction of sp³-hybridized carbons (Fsp3) is 0.588. The maximum Gasteiger partial charge on any atom is 0.410 e. The molecule has 0 unspecified atom stereocenters. The van der Waals surface area contributed by atoms with Gasteiger partial charge in [0, 0.05) is 31.9 Å². The summed E-state index contributed by atoms with van der Waals surface area (Å²) in [6.45, 7) is 10.3. The Kier molecular flexibility index (Phi) is 4.00. The lowest BCUT2D eigenvalue weighted by atomic mass is 10.1. The van der Waals surface area contributed by atoms with Crippen molar-refractivity contribution in [2.75, 3.05) is 31.2 Å². The number of carbonyl (C=O) groups excluding carboxylic acids is 1. The van der Waals surface area contributed by atoms with Crippen LogP contribution in [0.25, 0.3) is 0 Å². The first-order valence-corrected chi connectivity index (χ1v) is 7.85. The van der Waals surface area contributed by atoms with Gasteiger partial charge >= 0.3 is 6.09 Å². The van der Waals surface area contributed by atoms with Crippen molar-refractivity contribution in [3.63, 3.8) is 0 Å². The molecule has 120 valence electrons. The molecule has 0 aromatic heterocycles. The molecule has 0 N–H and O–H groups in total. The minimum Gasteiger partial charge on any atom is -0.444 e. The molecule has 0 atom stereocenters. The highest BCUT2D eigenvalue weighted by Gasteiger charge is 2.28. The van der Waals surface area contributed by atoms with Crippen molar-refractivity contribution < 1.29 is 14.3 Å². The summed E-state index contributed by atoms with van der Waals surface area (Å²) in [5.41, 5.74) is 3.19. The van der Waals surface area contributed by atoms with Gasteiger partial charge in [0.2, 0.25) is 0 Å². The molecule has 0 bridgehead atoms. The molecule has 0 aliphatic carbocycles. The number of anilines is 1. The first-order valence-electron chi connectivity index (χ1n) is 7.85. The van der Waals surface area contributed by atoms with Crippen LogP contribution >= 0.6 is 0 Å². The maximum absolute atomic E-state index is 12.2. The molecule has 1 saturated heterocycles. The molecular formula is C17H24N2O3. The summed E-state index contributed by atoms with van der Waals surface area (Å²) in [4.78, 5) is 16.3. The van der Waals surface area contributed by atoms with Gasteiger partial charge in [0.05, 0.1) is 13.2 Å². The minimum atomic E-state index is -0.454. The van der Waals surface area contributed by atoms with E-state index in [9.17, 15) is 4.79 Å². The zero-order chi connectivity index (χ0) is 15.7. The lowest BCUT2D eigenvalue weighted by Gasteiger charge is -2.29. The van der Waals surface area contributed by atoms with Crippen molar-refractivity contribution in [2.24, 2.45) is 0 Å². The second-order valence-corrected chi connectivity index (χ2v) is 6.89. The lowest BCUT2D eigenvalue weighted by Crippen LogP contribution is -2.36. The molecule has 1 aromatic rings. The number of amides is 1. The molecule has 5 heteroatoms. The summed E-state index contributed by atoms with van der Waals surface area (Å²) in [5.74, 6) is 0. The van der Waals surface area contributed by atoms with Crippen LogP contribution in [0.3, 0.4) is 0 Å². The van der Waals surface area contributed by atoms with Crippen LogP contribution in [0.1, 0.15) is 31.9 Å². The van der Waals surface area contributed by atoms with E-state index in [1.54, 1.807) is 4.90 Å². The first kappa shape index (κ1) is 15.2. The second-order valence-electron chi connectivity index (χ2n) is 6.89. The molecular weight excluding hydrogens is 280 g/mol. The fourth-order valence-electron chi connectivity index (χ4n) is 2.85. The number of fused-ring (bicyclic) bond motifs is 1. The third kappa shape index (κ3) is 3.35. The summed E-state index contributed by atoms with van der Waals surface area (Å²) in [6, 6.07) is 6.47. The van der Waals surface area contributed by atoms with E-state index in [2.05, 4.69) is 23.1 Å².